The van der Waals surface area contributed by atoms with E-state index in [4.69, 9.17) is 0 Å². The SMILES string of the molecule is Cc1n[nH]c(C)c1CNCCCNS(C)(=O)=O. The molecule has 0 radical (unpaired) electrons. The first-order valence-electron chi connectivity index (χ1n) is 5.56. The van der Waals surface area contributed by atoms with Crippen molar-refractivity contribution in [1.29, 1.82) is 0 Å². The van der Waals surface area contributed by atoms with Crippen LogP contribution in [-0.2, 0) is 16.6 Å². The van der Waals surface area contributed by atoms with Gasteiger partial charge in [-0.3, -0.25) is 5.10 Å². The van der Waals surface area contributed by atoms with Crippen LogP contribution in [0.4, 0.5) is 0 Å². The molecule has 0 aliphatic carbocycles. The Morgan fingerprint density at radius 2 is 2.00 bits per heavy atom. The van der Waals surface area contributed by atoms with E-state index >= 15 is 0 Å². The number of rotatable bonds is 7. The monoisotopic (exact) mass is 260 g/mol. The molecule has 7 heteroatoms. The van der Waals surface area contributed by atoms with Crippen LogP contribution in [0.25, 0.3) is 0 Å². The molecule has 0 bridgehead atoms. The molecule has 6 nitrogen and oxygen atoms in total. The molecule has 0 atom stereocenters. The summed E-state index contributed by atoms with van der Waals surface area (Å²) >= 11 is 0. The van der Waals surface area contributed by atoms with Gasteiger partial charge in [-0.15, -0.1) is 0 Å². The maximum atomic E-state index is 10.8. The zero-order chi connectivity index (χ0) is 12.9. The molecule has 0 saturated heterocycles. The highest BCUT2D eigenvalue weighted by Gasteiger charge is 2.05. The quantitative estimate of drug-likeness (QED) is 0.605. The van der Waals surface area contributed by atoms with Crippen LogP contribution < -0.4 is 10.0 Å². The average molecular weight is 260 g/mol. The van der Waals surface area contributed by atoms with E-state index in [9.17, 15) is 8.42 Å². The van der Waals surface area contributed by atoms with Gasteiger partial charge in [0.15, 0.2) is 0 Å². The highest BCUT2D eigenvalue weighted by Crippen LogP contribution is 2.07. The molecule has 0 unspecified atom stereocenters. The van der Waals surface area contributed by atoms with Gasteiger partial charge in [0, 0.05) is 24.3 Å². The van der Waals surface area contributed by atoms with Gasteiger partial charge >= 0.3 is 0 Å². The van der Waals surface area contributed by atoms with E-state index in [0.29, 0.717) is 6.54 Å². The molecule has 1 heterocycles. The van der Waals surface area contributed by atoms with E-state index in [-0.39, 0.29) is 0 Å². The van der Waals surface area contributed by atoms with Gasteiger partial charge in [-0.05, 0) is 26.8 Å². The summed E-state index contributed by atoms with van der Waals surface area (Å²) in [6.45, 7) is 5.95. The minimum atomic E-state index is -3.06. The van der Waals surface area contributed by atoms with Crippen molar-refractivity contribution >= 4 is 10.0 Å². The lowest BCUT2D eigenvalue weighted by molar-refractivity contribution is 0.579. The summed E-state index contributed by atoms with van der Waals surface area (Å²) in [5, 5.41) is 10.3. The molecule has 0 aromatic carbocycles. The van der Waals surface area contributed by atoms with Gasteiger partial charge in [-0.1, -0.05) is 0 Å². The Kier molecular flexibility index (Phi) is 5.10. The summed E-state index contributed by atoms with van der Waals surface area (Å²) in [6.07, 6.45) is 1.93. The van der Waals surface area contributed by atoms with Crippen LogP contribution in [0, 0.1) is 13.8 Å². The number of nitrogens with zero attached hydrogens (tertiary/aromatic N) is 1. The second-order valence-electron chi connectivity index (χ2n) is 4.11. The molecule has 0 amide bonds. The third-order valence-electron chi connectivity index (χ3n) is 2.48. The minimum absolute atomic E-state index is 0.467. The van der Waals surface area contributed by atoms with E-state index in [1.807, 2.05) is 13.8 Å². The van der Waals surface area contributed by atoms with E-state index in [0.717, 1.165) is 30.9 Å². The molecule has 0 aliphatic rings. The molecular weight excluding hydrogens is 240 g/mol. The summed E-state index contributed by atoms with van der Waals surface area (Å²) in [5.74, 6) is 0. The van der Waals surface area contributed by atoms with Crippen molar-refractivity contribution in [3.05, 3.63) is 17.0 Å². The molecule has 1 rings (SSSR count). The number of nitrogens with one attached hydrogen (secondary N) is 3. The van der Waals surface area contributed by atoms with Crippen LogP contribution in [-0.4, -0.2) is 38.0 Å². The van der Waals surface area contributed by atoms with E-state index in [2.05, 4.69) is 20.2 Å². The first kappa shape index (κ1) is 14.1. The van der Waals surface area contributed by atoms with Gasteiger partial charge in [-0.2, -0.15) is 5.10 Å². The van der Waals surface area contributed by atoms with Crippen molar-refractivity contribution in [3.8, 4) is 0 Å². The average Bonchev–Trinajstić information content (AvgIpc) is 2.52. The molecule has 3 N–H and O–H groups in total. The van der Waals surface area contributed by atoms with Crippen molar-refractivity contribution in [2.45, 2.75) is 26.8 Å². The highest BCUT2D eigenvalue weighted by molar-refractivity contribution is 7.88. The molecule has 0 spiro atoms. The topological polar surface area (TPSA) is 86.9 Å². The van der Waals surface area contributed by atoms with Crippen LogP contribution in [0.15, 0.2) is 0 Å². The maximum absolute atomic E-state index is 10.8. The Morgan fingerprint density at radius 1 is 1.29 bits per heavy atom. The van der Waals surface area contributed by atoms with Crippen LogP contribution in [0.1, 0.15) is 23.4 Å². The summed E-state index contributed by atoms with van der Waals surface area (Å²) < 4.78 is 24.0. The molecular formula is C10H20N4O2S. The number of aromatic nitrogens is 2. The highest BCUT2D eigenvalue weighted by atomic mass is 32.2. The first-order chi connectivity index (χ1) is 7.90. The largest absolute Gasteiger partial charge is 0.312 e. The zero-order valence-electron chi connectivity index (χ0n) is 10.5. The second kappa shape index (κ2) is 6.13. The molecule has 1 aromatic rings. The Hall–Kier alpha value is -0.920. The smallest absolute Gasteiger partial charge is 0.208 e. The summed E-state index contributed by atoms with van der Waals surface area (Å²) in [6, 6.07) is 0. The Labute approximate surface area is 102 Å². The van der Waals surface area contributed by atoms with Gasteiger partial charge in [0.05, 0.1) is 11.9 Å². The Balaban J connectivity index is 2.17. The fourth-order valence-electron chi connectivity index (χ4n) is 1.52. The van der Waals surface area contributed by atoms with E-state index < -0.39 is 10.0 Å². The number of sulfonamides is 1. The number of hydrogen-bond acceptors (Lipinski definition) is 4. The van der Waals surface area contributed by atoms with Crippen LogP contribution in [0.3, 0.4) is 0 Å². The normalized spacial score (nSPS) is 11.9. The summed E-state index contributed by atoms with van der Waals surface area (Å²) in [7, 11) is -3.06. The van der Waals surface area contributed by atoms with Gasteiger partial charge in [0.25, 0.3) is 0 Å². The summed E-state index contributed by atoms with van der Waals surface area (Å²) in [5.41, 5.74) is 3.26. The third kappa shape index (κ3) is 5.29. The maximum Gasteiger partial charge on any atom is 0.208 e. The van der Waals surface area contributed by atoms with Crippen molar-refractivity contribution < 1.29 is 8.42 Å². The second-order valence-corrected chi connectivity index (χ2v) is 5.94. The van der Waals surface area contributed by atoms with Gasteiger partial charge in [0.2, 0.25) is 10.0 Å². The number of aromatic amines is 1. The summed E-state index contributed by atoms with van der Waals surface area (Å²) in [4.78, 5) is 0. The number of hydrogen-bond donors (Lipinski definition) is 3. The molecule has 0 aliphatic heterocycles. The predicted octanol–water partition coefficient (Wildman–Crippen LogP) is 0.0554. The fourth-order valence-corrected chi connectivity index (χ4v) is 2.03. The molecule has 0 fully saturated rings. The van der Waals surface area contributed by atoms with Gasteiger partial charge in [0.1, 0.15) is 0 Å². The predicted molar refractivity (Wildman–Crippen MR) is 67.2 cm³/mol. The Bertz CT molecular complexity index is 433. The fraction of sp³-hybridized carbons (Fsp3) is 0.700. The van der Waals surface area contributed by atoms with Crippen LogP contribution in [0.2, 0.25) is 0 Å². The number of aryl methyl sites for hydroxylation is 2. The lowest BCUT2D eigenvalue weighted by Gasteiger charge is -2.05. The first-order valence-corrected chi connectivity index (χ1v) is 7.45. The number of H-pyrrole nitrogens is 1. The molecule has 98 valence electrons. The molecule has 1 aromatic heterocycles. The van der Waals surface area contributed by atoms with Crippen molar-refractivity contribution in [2.75, 3.05) is 19.3 Å². The zero-order valence-corrected chi connectivity index (χ0v) is 11.3. The van der Waals surface area contributed by atoms with Crippen molar-refractivity contribution in [2.24, 2.45) is 0 Å². The van der Waals surface area contributed by atoms with Gasteiger partial charge in [-0.25, -0.2) is 13.1 Å². The van der Waals surface area contributed by atoms with Crippen molar-refractivity contribution in [3.63, 3.8) is 0 Å². The standard InChI is InChI=1S/C10H20N4O2S/c1-8-10(9(2)14-13-8)7-11-5-4-6-12-17(3,15)16/h11-12H,4-7H2,1-3H3,(H,13,14). The van der Waals surface area contributed by atoms with Crippen LogP contribution in [0.5, 0.6) is 0 Å². The molecule has 17 heavy (non-hydrogen) atoms. The lowest BCUT2D eigenvalue weighted by atomic mass is 10.2. The lowest BCUT2D eigenvalue weighted by Crippen LogP contribution is -2.26. The van der Waals surface area contributed by atoms with Crippen LogP contribution >= 0.6 is 0 Å². The Morgan fingerprint density at radius 3 is 2.53 bits per heavy atom. The minimum Gasteiger partial charge on any atom is -0.312 e. The van der Waals surface area contributed by atoms with E-state index in [1.165, 1.54) is 11.8 Å². The van der Waals surface area contributed by atoms with Crippen molar-refractivity contribution in [1.82, 2.24) is 20.2 Å². The van der Waals surface area contributed by atoms with E-state index in [1.54, 1.807) is 0 Å². The van der Waals surface area contributed by atoms with Gasteiger partial charge < -0.3 is 5.32 Å². The molecule has 0 saturated carbocycles. The third-order valence-corrected chi connectivity index (χ3v) is 3.21.